The van der Waals surface area contributed by atoms with Crippen molar-refractivity contribution in [2.75, 3.05) is 13.7 Å². The van der Waals surface area contributed by atoms with E-state index in [9.17, 15) is 10.2 Å². The molecule has 1 aliphatic rings. The molecule has 6 heteroatoms. The minimum absolute atomic E-state index is 0.537. The van der Waals surface area contributed by atoms with Gasteiger partial charge in [-0.2, -0.15) is 0 Å². The molecular weight excluding hydrogens is 180 g/mol. The fourth-order valence-corrected chi connectivity index (χ4v) is 1.29. The van der Waals surface area contributed by atoms with Gasteiger partial charge in [0.25, 0.3) is 0 Å². The lowest BCUT2D eigenvalue weighted by atomic mass is 10.1. The van der Waals surface area contributed by atoms with Crippen LogP contribution in [0.4, 0.5) is 0 Å². The summed E-state index contributed by atoms with van der Waals surface area (Å²) < 4.78 is 9.65. The van der Waals surface area contributed by atoms with Crippen LogP contribution in [0.15, 0.2) is 0 Å². The van der Waals surface area contributed by atoms with Crippen molar-refractivity contribution in [1.29, 1.82) is 0 Å². The van der Waals surface area contributed by atoms with Crippen LogP contribution in [0.3, 0.4) is 0 Å². The predicted octanol–water partition coefficient (Wildman–Crippen LogP) is -2.57. The predicted molar refractivity (Wildman–Crippen MR) is 40.8 cm³/mol. The zero-order valence-corrected chi connectivity index (χ0v) is 7.20. The van der Waals surface area contributed by atoms with E-state index in [1.807, 2.05) is 0 Å². The van der Waals surface area contributed by atoms with Crippen molar-refractivity contribution in [3.8, 4) is 0 Å². The fraction of sp³-hybridized carbons (Fsp3) is 1.00. The molecule has 1 aliphatic heterocycles. The smallest absolute Gasteiger partial charge is 0.186 e. The molecule has 0 bridgehead atoms. The van der Waals surface area contributed by atoms with E-state index in [2.05, 4.69) is 0 Å². The van der Waals surface area contributed by atoms with E-state index in [-0.39, 0.29) is 0 Å². The summed E-state index contributed by atoms with van der Waals surface area (Å²) >= 11 is 0. The standard InChI is InChI=1S/C7H14O6/c1-12-7-5(11)4(10)6(13-7)3(9)2-8/h3-11H,2H2,1H3/t3-,4?,5?,6-,7-/m1/s1. The summed E-state index contributed by atoms with van der Waals surface area (Å²) in [4.78, 5) is 0. The highest BCUT2D eigenvalue weighted by Gasteiger charge is 2.45. The number of hydrogen-bond acceptors (Lipinski definition) is 6. The maximum absolute atomic E-state index is 9.33. The monoisotopic (exact) mass is 194 g/mol. The Morgan fingerprint density at radius 1 is 1.38 bits per heavy atom. The first-order chi connectivity index (χ1) is 6.11. The molecule has 5 atom stereocenters. The molecule has 0 aromatic rings. The SMILES string of the molecule is CO[C@@H]1O[C@H]([C@H](O)CO)C(O)C1O. The highest BCUT2D eigenvalue weighted by atomic mass is 16.7. The molecule has 1 rings (SSSR count). The van der Waals surface area contributed by atoms with E-state index >= 15 is 0 Å². The van der Waals surface area contributed by atoms with E-state index in [4.69, 9.17) is 19.7 Å². The maximum atomic E-state index is 9.33. The third kappa shape index (κ3) is 1.98. The molecule has 6 nitrogen and oxygen atoms in total. The Morgan fingerprint density at radius 2 is 2.00 bits per heavy atom. The van der Waals surface area contributed by atoms with E-state index in [0.29, 0.717) is 0 Å². The molecule has 0 radical (unpaired) electrons. The Balaban J connectivity index is 2.60. The minimum Gasteiger partial charge on any atom is -0.394 e. The number of aliphatic hydroxyl groups excluding tert-OH is 4. The van der Waals surface area contributed by atoms with Gasteiger partial charge in [-0.3, -0.25) is 0 Å². The molecule has 1 heterocycles. The van der Waals surface area contributed by atoms with Crippen molar-refractivity contribution >= 4 is 0 Å². The number of hydrogen-bond donors (Lipinski definition) is 4. The van der Waals surface area contributed by atoms with Crippen molar-refractivity contribution in [3.05, 3.63) is 0 Å². The second kappa shape index (κ2) is 4.32. The van der Waals surface area contributed by atoms with Crippen molar-refractivity contribution in [2.24, 2.45) is 0 Å². The van der Waals surface area contributed by atoms with Gasteiger partial charge in [-0.25, -0.2) is 0 Å². The molecule has 0 saturated carbocycles. The largest absolute Gasteiger partial charge is 0.394 e. The maximum Gasteiger partial charge on any atom is 0.186 e. The topological polar surface area (TPSA) is 99.4 Å². The quantitative estimate of drug-likeness (QED) is 0.394. The lowest BCUT2D eigenvalue weighted by molar-refractivity contribution is -0.166. The Hall–Kier alpha value is -0.240. The second-order valence-corrected chi connectivity index (χ2v) is 2.94. The van der Waals surface area contributed by atoms with Gasteiger partial charge in [0.2, 0.25) is 0 Å². The summed E-state index contributed by atoms with van der Waals surface area (Å²) in [7, 11) is 1.31. The van der Waals surface area contributed by atoms with Crippen LogP contribution >= 0.6 is 0 Å². The Kier molecular flexibility index (Phi) is 3.60. The van der Waals surface area contributed by atoms with Crippen LogP contribution in [0.25, 0.3) is 0 Å². The van der Waals surface area contributed by atoms with E-state index in [1.54, 1.807) is 0 Å². The molecule has 78 valence electrons. The molecule has 2 unspecified atom stereocenters. The molecule has 1 fully saturated rings. The molecule has 0 aromatic heterocycles. The lowest BCUT2D eigenvalue weighted by Crippen LogP contribution is -2.40. The zero-order chi connectivity index (χ0) is 10.0. The third-order valence-electron chi connectivity index (χ3n) is 2.06. The second-order valence-electron chi connectivity index (χ2n) is 2.94. The van der Waals surface area contributed by atoms with Gasteiger partial charge in [0, 0.05) is 7.11 Å². The van der Waals surface area contributed by atoms with Crippen molar-refractivity contribution in [2.45, 2.75) is 30.7 Å². The molecule has 4 N–H and O–H groups in total. The van der Waals surface area contributed by atoms with Crippen molar-refractivity contribution < 1.29 is 29.9 Å². The summed E-state index contributed by atoms with van der Waals surface area (Å²) in [5.41, 5.74) is 0. The average molecular weight is 194 g/mol. The number of methoxy groups -OCH3 is 1. The van der Waals surface area contributed by atoms with Crippen LogP contribution in [-0.4, -0.2) is 64.8 Å². The van der Waals surface area contributed by atoms with Crippen LogP contribution in [0.5, 0.6) is 0 Å². The van der Waals surface area contributed by atoms with Gasteiger partial charge in [0.05, 0.1) is 6.61 Å². The molecule has 1 saturated heterocycles. The fourth-order valence-electron chi connectivity index (χ4n) is 1.29. The van der Waals surface area contributed by atoms with E-state index < -0.39 is 37.3 Å². The van der Waals surface area contributed by atoms with Gasteiger partial charge in [0.1, 0.15) is 24.4 Å². The molecular formula is C7H14O6. The molecule has 0 spiro atoms. The Bertz CT molecular complexity index is 163. The van der Waals surface area contributed by atoms with Gasteiger partial charge >= 0.3 is 0 Å². The summed E-state index contributed by atoms with van der Waals surface area (Å²) in [5, 5.41) is 36.4. The third-order valence-corrected chi connectivity index (χ3v) is 2.06. The lowest BCUT2D eigenvalue weighted by Gasteiger charge is -2.18. The highest BCUT2D eigenvalue weighted by molar-refractivity contribution is 4.90. The zero-order valence-electron chi connectivity index (χ0n) is 7.20. The first-order valence-electron chi connectivity index (χ1n) is 3.95. The van der Waals surface area contributed by atoms with Crippen LogP contribution < -0.4 is 0 Å². The van der Waals surface area contributed by atoms with Crippen molar-refractivity contribution in [1.82, 2.24) is 0 Å². The van der Waals surface area contributed by atoms with E-state index in [0.717, 1.165) is 0 Å². The first-order valence-corrected chi connectivity index (χ1v) is 3.95. The van der Waals surface area contributed by atoms with Gasteiger partial charge < -0.3 is 29.9 Å². The summed E-state index contributed by atoms with van der Waals surface area (Å²) in [6.07, 6.45) is -5.63. The summed E-state index contributed by atoms with van der Waals surface area (Å²) in [5.74, 6) is 0. The van der Waals surface area contributed by atoms with Gasteiger partial charge in [-0.15, -0.1) is 0 Å². The van der Waals surface area contributed by atoms with E-state index in [1.165, 1.54) is 7.11 Å². The minimum atomic E-state index is -1.24. The first kappa shape index (κ1) is 10.8. The molecule has 0 aliphatic carbocycles. The van der Waals surface area contributed by atoms with Gasteiger partial charge in [-0.05, 0) is 0 Å². The molecule has 13 heavy (non-hydrogen) atoms. The number of aliphatic hydroxyl groups is 4. The summed E-state index contributed by atoms with van der Waals surface area (Å²) in [6.45, 7) is -0.537. The molecule has 0 amide bonds. The van der Waals surface area contributed by atoms with Gasteiger partial charge in [-0.1, -0.05) is 0 Å². The number of ether oxygens (including phenoxy) is 2. The average Bonchev–Trinajstić information content (AvgIpc) is 2.43. The van der Waals surface area contributed by atoms with Crippen LogP contribution in [0, 0.1) is 0 Å². The van der Waals surface area contributed by atoms with Crippen LogP contribution in [0.1, 0.15) is 0 Å². The van der Waals surface area contributed by atoms with Gasteiger partial charge in [0.15, 0.2) is 6.29 Å². The molecule has 0 aromatic carbocycles. The Morgan fingerprint density at radius 3 is 2.38 bits per heavy atom. The Labute approximate surface area is 75.3 Å². The highest BCUT2D eigenvalue weighted by Crippen LogP contribution is 2.23. The van der Waals surface area contributed by atoms with Crippen molar-refractivity contribution in [3.63, 3.8) is 0 Å². The summed E-state index contributed by atoms with van der Waals surface area (Å²) in [6, 6.07) is 0. The van der Waals surface area contributed by atoms with Crippen LogP contribution in [0.2, 0.25) is 0 Å². The normalized spacial score (nSPS) is 42.2. The van der Waals surface area contributed by atoms with Crippen LogP contribution in [-0.2, 0) is 9.47 Å². The number of rotatable bonds is 3.